The number of carbonyl (C=O) groups is 2. The number of hydrogen-bond donors (Lipinski definition) is 2. The first-order valence-corrected chi connectivity index (χ1v) is 5.81. The molecule has 88 valence electrons. The fourth-order valence-electron chi connectivity index (χ4n) is 2.24. The fourth-order valence-corrected chi connectivity index (χ4v) is 2.24. The van der Waals surface area contributed by atoms with Gasteiger partial charge in [0.15, 0.2) is 0 Å². The first-order chi connectivity index (χ1) is 7.65. The summed E-state index contributed by atoms with van der Waals surface area (Å²) in [6.45, 7) is 2.20. The Morgan fingerprint density at radius 1 is 1.44 bits per heavy atom. The number of carbonyl (C=O) groups excluding carboxylic acids is 2. The summed E-state index contributed by atoms with van der Waals surface area (Å²) < 4.78 is 0. The van der Waals surface area contributed by atoms with E-state index in [1.165, 1.54) is 6.42 Å². The highest BCUT2D eigenvalue weighted by Crippen LogP contribution is 2.24. The van der Waals surface area contributed by atoms with Gasteiger partial charge in [0.05, 0.1) is 0 Å². The molecule has 0 aromatic heterocycles. The van der Waals surface area contributed by atoms with Crippen LogP contribution in [0.2, 0.25) is 0 Å². The largest absolute Gasteiger partial charge is 0.348 e. The van der Waals surface area contributed by atoms with Gasteiger partial charge in [-0.05, 0) is 25.2 Å². The lowest BCUT2D eigenvalue weighted by Crippen LogP contribution is -2.41. The second-order valence-corrected chi connectivity index (χ2v) is 4.68. The topological polar surface area (TPSA) is 70.6 Å². The lowest BCUT2D eigenvalue weighted by atomic mass is 10.1. The summed E-state index contributed by atoms with van der Waals surface area (Å²) in [7, 11) is 0. The molecule has 1 aliphatic carbocycles. The van der Waals surface area contributed by atoms with Crippen molar-refractivity contribution in [1.82, 2.24) is 10.7 Å². The van der Waals surface area contributed by atoms with Crippen molar-refractivity contribution in [3.05, 3.63) is 0 Å². The maximum atomic E-state index is 11.8. The summed E-state index contributed by atoms with van der Waals surface area (Å²) in [6.07, 6.45) is 4.07. The lowest BCUT2D eigenvalue weighted by molar-refractivity contribution is -0.121. The zero-order valence-corrected chi connectivity index (χ0v) is 9.45. The monoisotopic (exact) mass is 223 g/mol. The second kappa shape index (κ2) is 4.63. The Kier molecular flexibility index (Phi) is 3.22. The van der Waals surface area contributed by atoms with Crippen molar-refractivity contribution in [2.24, 2.45) is 11.0 Å². The quantitative estimate of drug-likeness (QED) is 0.718. The molecule has 2 N–H and O–H groups in total. The molecule has 0 saturated heterocycles. The Balaban J connectivity index is 1.86. The minimum absolute atomic E-state index is 0.119. The minimum Gasteiger partial charge on any atom is -0.348 e. The molecule has 2 rings (SSSR count). The molecule has 2 atom stereocenters. The predicted molar refractivity (Wildman–Crippen MR) is 59.8 cm³/mol. The summed E-state index contributed by atoms with van der Waals surface area (Å²) in [5.74, 6) is 0.448. The van der Waals surface area contributed by atoms with Crippen molar-refractivity contribution in [2.45, 2.75) is 45.1 Å². The molecule has 5 nitrogen and oxygen atoms in total. The van der Waals surface area contributed by atoms with Gasteiger partial charge < -0.3 is 5.32 Å². The molecule has 0 radical (unpaired) electrons. The number of amides is 2. The highest BCUT2D eigenvalue weighted by molar-refractivity contribution is 6.39. The second-order valence-electron chi connectivity index (χ2n) is 4.68. The van der Waals surface area contributed by atoms with E-state index in [-0.39, 0.29) is 17.9 Å². The fraction of sp³-hybridized carbons (Fsp3) is 0.727. The van der Waals surface area contributed by atoms with Crippen LogP contribution in [0.3, 0.4) is 0 Å². The SMILES string of the molecule is CC1CCC(NC(=O)C2=NNC(=O)CC2)C1. The van der Waals surface area contributed by atoms with Crippen molar-refractivity contribution in [3.8, 4) is 0 Å². The van der Waals surface area contributed by atoms with Gasteiger partial charge in [-0.25, -0.2) is 5.43 Å². The number of hydrogen-bond acceptors (Lipinski definition) is 3. The molecular formula is C11H17N3O2. The average molecular weight is 223 g/mol. The van der Waals surface area contributed by atoms with Crippen LogP contribution in [-0.2, 0) is 9.59 Å². The molecule has 0 aromatic carbocycles. The average Bonchev–Trinajstić information content (AvgIpc) is 2.65. The number of nitrogens with one attached hydrogen (secondary N) is 2. The van der Waals surface area contributed by atoms with E-state index in [1.807, 2.05) is 0 Å². The smallest absolute Gasteiger partial charge is 0.267 e. The minimum atomic E-state index is -0.126. The molecule has 16 heavy (non-hydrogen) atoms. The van der Waals surface area contributed by atoms with Crippen LogP contribution in [0.15, 0.2) is 5.10 Å². The summed E-state index contributed by atoms with van der Waals surface area (Å²) in [5.41, 5.74) is 2.78. The van der Waals surface area contributed by atoms with E-state index >= 15 is 0 Å². The van der Waals surface area contributed by atoms with Crippen molar-refractivity contribution in [2.75, 3.05) is 0 Å². The van der Waals surface area contributed by atoms with E-state index in [1.54, 1.807) is 0 Å². The third kappa shape index (κ3) is 2.59. The summed E-state index contributed by atoms with van der Waals surface area (Å²) >= 11 is 0. The van der Waals surface area contributed by atoms with Crippen LogP contribution in [-0.4, -0.2) is 23.6 Å². The van der Waals surface area contributed by atoms with Crippen LogP contribution in [0.1, 0.15) is 39.0 Å². The van der Waals surface area contributed by atoms with Crippen LogP contribution in [0, 0.1) is 5.92 Å². The van der Waals surface area contributed by atoms with Gasteiger partial charge in [0.25, 0.3) is 5.91 Å². The molecule has 1 heterocycles. The Labute approximate surface area is 94.7 Å². The highest BCUT2D eigenvalue weighted by atomic mass is 16.2. The standard InChI is InChI=1S/C11H17N3O2/c1-7-2-3-8(6-7)12-11(16)9-4-5-10(15)14-13-9/h7-8H,2-6H2,1H3,(H,12,16)(H,14,15). The molecule has 2 unspecified atom stereocenters. The van der Waals surface area contributed by atoms with Gasteiger partial charge in [0.2, 0.25) is 5.91 Å². The van der Waals surface area contributed by atoms with E-state index in [9.17, 15) is 9.59 Å². The van der Waals surface area contributed by atoms with E-state index < -0.39 is 0 Å². The van der Waals surface area contributed by atoms with E-state index in [2.05, 4.69) is 22.8 Å². The van der Waals surface area contributed by atoms with Crippen molar-refractivity contribution < 1.29 is 9.59 Å². The van der Waals surface area contributed by atoms with Crippen LogP contribution in [0.5, 0.6) is 0 Å². The summed E-state index contributed by atoms with van der Waals surface area (Å²) in [4.78, 5) is 22.6. The summed E-state index contributed by atoms with van der Waals surface area (Å²) in [5, 5.41) is 6.75. The Bertz CT molecular complexity index is 338. The van der Waals surface area contributed by atoms with Crippen molar-refractivity contribution in [1.29, 1.82) is 0 Å². The molecule has 0 aromatic rings. The first kappa shape index (κ1) is 11.1. The molecule has 1 aliphatic heterocycles. The van der Waals surface area contributed by atoms with Crippen molar-refractivity contribution >= 4 is 17.5 Å². The molecule has 1 saturated carbocycles. The van der Waals surface area contributed by atoms with Crippen LogP contribution < -0.4 is 10.7 Å². The number of nitrogens with zero attached hydrogens (tertiary/aromatic N) is 1. The first-order valence-electron chi connectivity index (χ1n) is 5.81. The zero-order chi connectivity index (χ0) is 11.5. The third-order valence-electron chi connectivity index (χ3n) is 3.20. The molecule has 2 aliphatic rings. The van der Waals surface area contributed by atoms with Gasteiger partial charge in [-0.1, -0.05) is 6.92 Å². The molecular weight excluding hydrogens is 206 g/mol. The van der Waals surface area contributed by atoms with Gasteiger partial charge in [0, 0.05) is 18.9 Å². The number of hydrazone groups is 1. The zero-order valence-electron chi connectivity index (χ0n) is 9.45. The van der Waals surface area contributed by atoms with Gasteiger partial charge in [-0.3, -0.25) is 9.59 Å². The Morgan fingerprint density at radius 2 is 2.25 bits per heavy atom. The predicted octanol–water partition coefficient (Wildman–Crippen LogP) is 0.557. The lowest BCUT2D eigenvalue weighted by Gasteiger charge is -2.15. The maximum Gasteiger partial charge on any atom is 0.267 e. The highest BCUT2D eigenvalue weighted by Gasteiger charge is 2.25. The van der Waals surface area contributed by atoms with Crippen LogP contribution >= 0.6 is 0 Å². The normalized spacial score (nSPS) is 29.6. The van der Waals surface area contributed by atoms with Gasteiger partial charge >= 0.3 is 0 Å². The Morgan fingerprint density at radius 3 is 2.81 bits per heavy atom. The molecule has 0 spiro atoms. The van der Waals surface area contributed by atoms with Gasteiger partial charge in [-0.15, -0.1) is 0 Å². The van der Waals surface area contributed by atoms with Crippen LogP contribution in [0.25, 0.3) is 0 Å². The molecule has 1 fully saturated rings. The van der Waals surface area contributed by atoms with E-state index in [0.717, 1.165) is 12.8 Å². The van der Waals surface area contributed by atoms with Crippen LogP contribution in [0.4, 0.5) is 0 Å². The molecule has 0 bridgehead atoms. The maximum absolute atomic E-state index is 11.8. The van der Waals surface area contributed by atoms with E-state index in [4.69, 9.17) is 0 Å². The molecule has 2 amide bonds. The van der Waals surface area contributed by atoms with Gasteiger partial charge in [0.1, 0.15) is 5.71 Å². The third-order valence-corrected chi connectivity index (χ3v) is 3.20. The number of rotatable bonds is 2. The van der Waals surface area contributed by atoms with E-state index in [0.29, 0.717) is 24.5 Å². The van der Waals surface area contributed by atoms with Crippen molar-refractivity contribution in [3.63, 3.8) is 0 Å². The Hall–Kier alpha value is -1.39. The van der Waals surface area contributed by atoms with Gasteiger partial charge in [-0.2, -0.15) is 5.10 Å². The summed E-state index contributed by atoms with van der Waals surface area (Å²) in [6, 6.07) is 0.280. The molecule has 5 heteroatoms.